The van der Waals surface area contributed by atoms with Crippen molar-refractivity contribution in [2.75, 3.05) is 31.8 Å². The molecule has 0 radical (unpaired) electrons. The molecule has 1 saturated heterocycles. The first kappa shape index (κ1) is 26.6. The van der Waals surface area contributed by atoms with Crippen LogP contribution in [0.3, 0.4) is 0 Å². The number of ether oxygens (including phenoxy) is 3. The van der Waals surface area contributed by atoms with Gasteiger partial charge >= 0.3 is 6.03 Å². The monoisotopic (exact) mass is 575 g/mol. The molecule has 11 heteroatoms. The Morgan fingerprint density at radius 2 is 1.89 bits per heavy atom. The lowest BCUT2D eigenvalue weighted by Crippen LogP contribution is -2.46. The molecule has 2 aromatic carbocycles. The Balaban J connectivity index is 1.34. The van der Waals surface area contributed by atoms with Gasteiger partial charge in [-0.15, -0.1) is 11.3 Å². The molecule has 200 valence electrons. The highest BCUT2D eigenvalue weighted by molar-refractivity contribution is 7.09. The number of thiophene rings is 1. The van der Waals surface area contributed by atoms with Crippen LogP contribution >= 0.6 is 34.5 Å². The molecule has 2 aliphatic heterocycles. The van der Waals surface area contributed by atoms with Crippen molar-refractivity contribution in [1.29, 1.82) is 0 Å². The molecule has 1 fully saturated rings. The minimum Gasteiger partial charge on any atom is -0.454 e. The zero-order valence-electron chi connectivity index (χ0n) is 20.5. The van der Waals surface area contributed by atoms with Gasteiger partial charge in [-0.25, -0.2) is 4.79 Å². The lowest BCUT2D eigenvalue weighted by atomic mass is 10.1. The van der Waals surface area contributed by atoms with Crippen LogP contribution in [-0.4, -0.2) is 54.3 Å². The van der Waals surface area contributed by atoms with Crippen LogP contribution in [0.15, 0.2) is 53.9 Å². The summed E-state index contributed by atoms with van der Waals surface area (Å²) < 4.78 is 16.7. The van der Waals surface area contributed by atoms with Crippen LogP contribution < -0.4 is 14.8 Å². The molecule has 1 N–H and O–H groups in total. The molecular weight excluding hydrogens is 549 g/mol. The van der Waals surface area contributed by atoms with E-state index >= 15 is 0 Å². The van der Waals surface area contributed by atoms with Gasteiger partial charge in [0.05, 0.1) is 23.4 Å². The fraction of sp³-hybridized carbons (Fsp3) is 0.333. The zero-order valence-corrected chi connectivity index (χ0v) is 22.9. The molecule has 38 heavy (non-hydrogen) atoms. The predicted molar refractivity (Wildman–Crippen MR) is 147 cm³/mol. The number of hydrogen-bond donors (Lipinski definition) is 1. The Bertz CT molecular complexity index is 1280. The van der Waals surface area contributed by atoms with Crippen molar-refractivity contribution in [2.24, 2.45) is 0 Å². The van der Waals surface area contributed by atoms with Gasteiger partial charge in [0.1, 0.15) is 6.54 Å². The molecule has 1 atom stereocenters. The third-order valence-corrected chi connectivity index (χ3v) is 7.73. The number of urea groups is 1. The third kappa shape index (κ3) is 6.71. The van der Waals surface area contributed by atoms with Crippen LogP contribution in [0.4, 0.5) is 10.5 Å². The van der Waals surface area contributed by atoms with E-state index in [1.165, 1.54) is 4.90 Å². The molecule has 1 aromatic heterocycles. The quantitative estimate of drug-likeness (QED) is 0.337. The largest absolute Gasteiger partial charge is 0.454 e. The van der Waals surface area contributed by atoms with Crippen molar-refractivity contribution in [1.82, 2.24) is 9.80 Å². The van der Waals surface area contributed by atoms with Crippen LogP contribution in [0, 0.1) is 0 Å². The average Bonchev–Trinajstić information content (AvgIpc) is 3.68. The smallest absolute Gasteiger partial charge is 0.322 e. The summed E-state index contributed by atoms with van der Waals surface area (Å²) >= 11 is 13.9. The number of halogens is 2. The number of carbonyl (C=O) groups is 2. The Kier molecular flexibility index (Phi) is 8.58. The van der Waals surface area contributed by atoms with Crippen molar-refractivity contribution in [3.63, 3.8) is 0 Å². The SMILES string of the molecule is O=C(CN(CC1CCCO1)C(=O)Nc1ccc(Cl)cc1Cl)N(Cc1ccc2c(c1)OCO2)Cc1cccs1. The van der Waals surface area contributed by atoms with Crippen LogP contribution in [0.1, 0.15) is 23.3 Å². The first-order valence-electron chi connectivity index (χ1n) is 12.3. The van der Waals surface area contributed by atoms with Crippen molar-refractivity contribution >= 4 is 52.2 Å². The number of carbonyl (C=O) groups excluding carboxylic acids is 2. The van der Waals surface area contributed by atoms with Crippen molar-refractivity contribution in [3.05, 3.63) is 74.4 Å². The summed E-state index contributed by atoms with van der Waals surface area (Å²) in [6.45, 7) is 1.77. The molecule has 1 unspecified atom stereocenters. The number of benzene rings is 2. The number of amides is 3. The van der Waals surface area contributed by atoms with Crippen LogP contribution in [0.25, 0.3) is 0 Å². The molecule has 0 saturated carbocycles. The van der Waals surface area contributed by atoms with Crippen LogP contribution in [0.2, 0.25) is 10.0 Å². The van der Waals surface area contributed by atoms with Crippen molar-refractivity contribution in [3.8, 4) is 11.5 Å². The second-order valence-electron chi connectivity index (χ2n) is 9.09. The van der Waals surface area contributed by atoms with Crippen molar-refractivity contribution in [2.45, 2.75) is 32.0 Å². The number of nitrogens with one attached hydrogen (secondary N) is 1. The molecule has 5 rings (SSSR count). The first-order valence-corrected chi connectivity index (χ1v) is 13.9. The topological polar surface area (TPSA) is 80.3 Å². The maximum atomic E-state index is 13.7. The standard InChI is InChI=1S/C27H27Cl2N3O5S/c28-19-6-7-23(22(29)12-19)30-27(34)32(14-20-3-1-9-35-20)16-26(33)31(15-21-4-2-10-38-21)13-18-5-8-24-25(11-18)37-17-36-24/h2,4-8,10-12,20H,1,3,9,13-17H2,(H,30,34). The summed E-state index contributed by atoms with van der Waals surface area (Å²) in [6, 6.07) is 14.0. The molecule has 3 heterocycles. The fourth-order valence-corrected chi connectivity index (χ4v) is 5.56. The molecule has 3 aromatic rings. The number of nitrogens with zero attached hydrogens (tertiary/aromatic N) is 2. The summed E-state index contributed by atoms with van der Waals surface area (Å²) in [5, 5.41) is 5.58. The molecular formula is C27H27Cl2N3O5S. The van der Waals surface area contributed by atoms with Gasteiger partial charge in [0.2, 0.25) is 12.7 Å². The molecule has 8 nitrogen and oxygen atoms in total. The minimum atomic E-state index is -0.433. The second-order valence-corrected chi connectivity index (χ2v) is 11.0. The van der Waals surface area contributed by atoms with Gasteiger partial charge in [-0.05, 0) is 60.2 Å². The number of fused-ring (bicyclic) bond motifs is 1. The lowest BCUT2D eigenvalue weighted by molar-refractivity contribution is -0.133. The highest BCUT2D eigenvalue weighted by Crippen LogP contribution is 2.33. The van der Waals surface area contributed by atoms with E-state index in [1.807, 2.05) is 35.7 Å². The first-order chi connectivity index (χ1) is 18.4. The van der Waals surface area contributed by atoms with Crippen LogP contribution in [-0.2, 0) is 22.6 Å². The Morgan fingerprint density at radius 3 is 2.66 bits per heavy atom. The number of hydrogen-bond acceptors (Lipinski definition) is 6. The molecule has 0 bridgehead atoms. The van der Waals surface area contributed by atoms with Gasteiger partial charge < -0.3 is 29.3 Å². The van der Waals surface area contributed by atoms with E-state index in [4.69, 9.17) is 37.4 Å². The van der Waals surface area contributed by atoms with Crippen LogP contribution in [0.5, 0.6) is 11.5 Å². The molecule has 3 amide bonds. The van der Waals surface area contributed by atoms with E-state index in [-0.39, 0.29) is 25.3 Å². The van der Waals surface area contributed by atoms with Gasteiger partial charge in [0.25, 0.3) is 0 Å². The maximum absolute atomic E-state index is 13.7. The lowest BCUT2D eigenvalue weighted by Gasteiger charge is -2.29. The number of rotatable bonds is 9. The second kappa shape index (κ2) is 12.3. The van der Waals surface area contributed by atoms with E-state index in [0.717, 1.165) is 23.3 Å². The third-order valence-electron chi connectivity index (χ3n) is 6.32. The average molecular weight is 577 g/mol. The van der Waals surface area contributed by atoms with Gasteiger partial charge in [-0.3, -0.25) is 4.79 Å². The Labute approximate surface area is 235 Å². The number of anilines is 1. The van der Waals surface area contributed by atoms with Gasteiger partial charge in [-0.2, -0.15) is 0 Å². The Hall–Kier alpha value is -2.98. The van der Waals surface area contributed by atoms with E-state index in [1.54, 1.807) is 34.4 Å². The summed E-state index contributed by atoms with van der Waals surface area (Å²) in [5.74, 6) is 1.15. The normalized spacial score (nSPS) is 15.9. The van der Waals surface area contributed by atoms with E-state index in [0.29, 0.717) is 53.5 Å². The fourth-order valence-electron chi connectivity index (χ4n) is 4.38. The van der Waals surface area contributed by atoms with E-state index in [2.05, 4.69) is 5.32 Å². The highest BCUT2D eigenvalue weighted by Gasteiger charge is 2.27. The zero-order chi connectivity index (χ0) is 26.5. The maximum Gasteiger partial charge on any atom is 0.322 e. The predicted octanol–water partition coefficient (Wildman–Crippen LogP) is 6.03. The molecule has 0 spiro atoms. The molecule has 0 aliphatic carbocycles. The summed E-state index contributed by atoms with van der Waals surface area (Å²) in [7, 11) is 0. The van der Waals surface area contributed by atoms with Gasteiger partial charge in [0, 0.05) is 29.6 Å². The summed E-state index contributed by atoms with van der Waals surface area (Å²) in [6.07, 6.45) is 1.62. The summed E-state index contributed by atoms with van der Waals surface area (Å²) in [4.78, 5) is 31.4. The van der Waals surface area contributed by atoms with Gasteiger partial charge in [0.15, 0.2) is 11.5 Å². The molecule has 2 aliphatic rings. The summed E-state index contributed by atoms with van der Waals surface area (Å²) in [5.41, 5.74) is 1.32. The minimum absolute atomic E-state index is 0.118. The van der Waals surface area contributed by atoms with Gasteiger partial charge in [-0.1, -0.05) is 35.3 Å². The Morgan fingerprint density at radius 1 is 1.03 bits per heavy atom. The van der Waals surface area contributed by atoms with Crippen molar-refractivity contribution < 1.29 is 23.8 Å². The highest BCUT2D eigenvalue weighted by atomic mass is 35.5. The van der Waals surface area contributed by atoms with E-state index < -0.39 is 6.03 Å². The van der Waals surface area contributed by atoms with E-state index in [9.17, 15) is 9.59 Å².